The second-order valence-electron chi connectivity index (χ2n) is 3.60. The van der Waals surface area contributed by atoms with E-state index in [1.54, 1.807) is 0 Å². The maximum atomic E-state index is 13.4. The molecule has 0 aliphatic carbocycles. The number of carbonyl (C=O) groups is 1. The first-order chi connectivity index (χ1) is 7.75. The molecule has 1 aromatic carbocycles. The van der Waals surface area contributed by atoms with Crippen LogP contribution in [0.25, 0.3) is 0 Å². The molecule has 0 aliphatic rings. The van der Waals surface area contributed by atoms with E-state index in [2.05, 4.69) is 0 Å². The normalized spacial score (nSPS) is 15.4. The maximum absolute atomic E-state index is 13.4. The second kappa shape index (κ2) is 4.37. The van der Waals surface area contributed by atoms with Gasteiger partial charge in [-0.05, 0) is 24.1 Å². The molecule has 0 amide bonds. The van der Waals surface area contributed by atoms with Crippen LogP contribution < -0.4 is 0 Å². The van der Waals surface area contributed by atoms with E-state index in [1.807, 2.05) is 0 Å². The van der Waals surface area contributed by atoms with E-state index in [1.165, 1.54) is 6.92 Å². The number of alkyl halides is 2. The summed E-state index contributed by atoms with van der Waals surface area (Å²) in [6.07, 6.45) is -0.560. The number of hydrogen-bond donors (Lipinski definition) is 2. The number of aliphatic carboxylic acids is 1. The summed E-state index contributed by atoms with van der Waals surface area (Å²) in [6.45, 7) is 1.20. The molecule has 0 saturated heterocycles. The lowest BCUT2D eigenvalue weighted by molar-refractivity contribution is -0.213. The fourth-order valence-corrected chi connectivity index (χ4v) is 1.53. The molecular formula is C11H11F3O3. The second-order valence-corrected chi connectivity index (χ2v) is 3.60. The van der Waals surface area contributed by atoms with Crippen molar-refractivity contribution in [2.75, 3.05) is 0 Å². The van der Waals surface area contributed by atoms with E-state index >= 15 is 0 Å². The summed E-state index contributed by atoms with van der Waals surface area (Å²) in [5.74, 6) is -7.67. The van der Waals surface area contributed by atoms with E-state index in [4.69, 9.17) is 5.11 Å². The topological polar surface area (TPSA) is 57.5 Å². The number of halogens is 3. The molecule has 0 saturated carbocycles. The largest absolute Gasteiger partial charge is 0.477 e. The van der Waals surface area contributed by atoms with Crippen molar-refractivity contribution in [3.8, 4) is 0 Å². The van der Waals surface area contributed by atoms with Crippen molar-refractivity contribution < 1.29 is 28.2 Å². The molecule has 1 aromatic rings. The molecule has 0 bridgehead atoms. The summed E-state index contributed by atoms with van der Waals surface area (Å²) in [4.78, 5) is 10.5. The van der Waals surface area contributed by atoms with Crippen molar-refractivity contribution in [3.63, 3.8) is 0 Å². The summed E-state index contributed by atoms with van der Waals surface area (Å²) in [6, 6.07) is 3.89. The quantitative estimate of drug-likeness (QED) is 0.858. The Morgan fingerprint density at radius 3 is 2.41 bits per heavy atom. The van der Waals surface area contributed by atoms with Crippen molar-refractivity contribution >= 4 is 5.97 Å². The summed E-state index contributed by atoms with van der Waals surface area (Å²) in [5.41, 5.74) is -3.39. The van der Waals surface area contributed by atoms with E-state index in [9.17, 15) is 23.1 Å². The highest BCUT2D eigenvalue weighted by molar-refractivity contribution is 5.77. The third-order valence-electron chi connectivity index (χ3n) is 2.60. The van der Waals surface area contributed by atoms with E-state index < -0.39 is 35.3 Å². The highest BCUT2D eigenvalue weighted by Crippen LogP contribution is 2.40. The van der Waals surface area contributed by atoms with Crippen LogP contribution in [0.5, 0.6) is 0 Å². The van der Waals surface area contributed by atoms with Gasteiger partial charge < -0.3 is 10.2 Å². The molecule has 0 heterocycles. The van der Waals surface area contributed by atoms with Gasteiger partial charge in [-0.25, -0.2) is 9.18 Å². The molecule has 17 heavy (non-hydrogen) atoms. The van der Waals surface area contributed by atoms with Gasteiger partial charge in [0.25, 0.3) is 0 Å². The van der Waals surface area contributed by atoms with Crippen molar-refractivity contribution in [2.45, 2.75) is 24.9 Å². The first-order valence-electron chi connectivity index (χ1n) is 4.85. The van der Waals surface area contributed by atoms with Crippen LogP contribution >= 0.6 is 0 Å². The molecule has 94 valence electrons. The zero-order valence-electron chi connectivity index (χ0n) is 8.95. The molecule has 0 aliphatic heterocycles. The van der Waals surface area contributed by atoms with E-state index in [0.29, 0.717) is 6.07 Å². The number of aliphatic hydroxyl groups is 1. The van der Waals surface area contributed by atoms with Gasteiger partial charge in [-0.15, -0.1) is 0 Å². The molecular weight excluding hydrogens is 237 g/mol. The van der Waals surface area contributed by atoms with Gasteiger partial charge in [0, 0.05) is 0 Å². The monoisotopic (exact) mass is 248 g/mol. The average Bonchev–Trinajstić information content (AvgIpc) is 2.27. The molecule has 0 aromatic heterocycles. The third kappa shape index (κ3) is 2.12. The molecule has 0 radical (unpaired) electrons. The Morgan fingerprint density at radius 1 is 1.41 bits per heavy atom. The Hall–Kier alpha value is -1.56. The van der Waals surface area contributed by atoms with Crippen molar-refractivity contribution in [3.05, 3.63) is 35.6 Å². The summed E-state index contributed by atoms with van der Waals surface area (Å²) >= 11 is 0. The zero-order valence-corrected chi connectivity index (χ0v) is 8.95. The molecule has 0 spiro atoms. The fourth-order valence-electron chi connectivity index (χ4n) is 1.53. The van der Waals surface area contributed by atoms with Gasteiger partial charge in [0.15, 0.2) is 5.60 Å². The van der Waals surface area contributed by atoms with Crippen molar-refractivity contribution in [2.24, 2.45) is 0 Å². The van der Waals surface area contributed by atoms with Crippen LogP contribution in [0.1, 0.15) is 18.9 Å². The van der Waals surface area contributed by atoms with Crippen molar-refractivity contribution in [1.82, 2.24) is 0 Å². The number of benzene rings is 1. The smallest absolute Gasteiger partial charge is 0.378 e. The van der Waals surface area contributed by atoms with Gasteiger partial charge >= 0.3 is 11.9 Å². The summed E-state index contributed by atoms with van der Waals surface area (Å²) in [5, 5.41) is 18.3. The molecule has 1 atom stereocenters. The van der Waals surface area contributed by atoms with Crippen LogP contribution in [0.2, 0.25) is 0 Å². The molecule has 3 nitrogen and oxygen atoms in total. The Balaban J connectivity index is 3.35. The molecule has 2 N–H and O–H groups in total. The zero-order chi connectivity index (χ0) is 13.3. The van der Waals surface area contributed by atoms with Crippen LogP contribution in [0, 0.1) is 5.82 Å². The number of rotatable bonds is 4. The van der Waals surface area contributed by atoms with E-state index in [-0.39, 0.29) is 0 Å². The lowest BCUT2D eigenvalue weighted by atomic mass is 9.85. The SMILES string of the molecule is CCC(O)(c1cccc(F)c1)C(F)(F)C(=O)O. The first-order valence-corrected chi connectivity index (χ1v) is 4.85. The highest BCUT2D eigenvalue weighted by atomic mass is 19.3. The Morgan fingerprint density at radius 2 is 2.00 bits per heavy atom. The predicted octanol–water partition coefficient (Wildman–Crippen LogP) is 2.14. The molecule has 1 rings (SSSR count). The fraction of sp³-hybridized carbons (Fsp3) is 0.364. The van der Waals surface area contributed by atoms with Crippen molar-refractivity contribution in [1.29, 1.82) is 0 Å². The predicted molar refractivity (Wildman–Crippen MR) is 53.2 cm³/mol. The summed E-state index contributed by atoms with van der Waals surface area (Å²) < 4.78 is 39.8. The van der Waals surface area contributed by atoms with E-state index in [0.717, 1.165) is 18.2 Å². The molecule has 6 heteroatoms. The maximum Gasteiger partial charge on any atom is 0.378 e. The minimum absolute atomic E-state index is 0.465. The van der Waals surface area contributed by atoms with Gasteiger partial charge in [-0.2, -0.15) is 8.78 Å². The lowest BCUT2D eigenvalue weighted by Crippen LogP contribution is -2.50. The van der Waals surface area contributed by atoms with Crippen LogP contribution in [-0.2, 0) is 10.4 Å². The van der Waals surface area contributed by atoms with Gasteiger partial charge in [0.2, 0.25) is 0 Å². The van der Waals surface area contributed by atoms with Gasteiger partial charge in [0.1, 0.15) is 5.82 Å². The van der Waals surface area contributed by atoms with Gasteiger partial charge in [0.05, 0.1) is 0 Å². The number of carboxylic acids is 1. The Kier molecular flexibility index (Phi) is 3.47. The highest BCUT2D eigenvalue weighted by Gasteiger charge is 2.58. The average molecular weight is 248 g/mol. The lowest BCUT2D eigenvalue weighted by Gasteiger charge is -2.32. The van der Waals surface area contributed by atoms with Gasteiger partial charge in [-0.1, -0.05) is 19.1 Å². The Bertz CT molecular complexity index is 434. The minimum Gasteiger partial charge on any atom is -0.477 e. The van der Waals surface area contributed by atoms with Crippen LogP contribution in [0.4, 0.5) is 13.2 Å². The molecule has 0 fully saturated rings. The van der Waals surface area contributed by atoms with Crippen LogP contribution in [-0.4, -0.2) is 22.1 Å². The third-order valence-corrected chi connectivity index (χ3v) is 2.60. The number of hydrogen-bond acceptors (Lipinski definition) is 2. The standard InChI is InChI=1S/C11H11F3O3/c1-2-10(17,11(13,14)9(15)16)7-4-3-5-8(12)6-7/h3-6,17H,2H2,1H3,(H,15,16). The Labute approximate surface area is 95.5 Å². The molecule has 1 unspecified atom stereocenters. The minimum atomic E-state index is -4.39. The number of carboxylic acid groups (broad SMARTS) is 1. The van der Waals surface area contributed by atoms with Crippen LogP contribution in [0.3, 0.4) is 0 Å². The summed E-state index contributed by atoms with van der Waals surface area (Å²) in [7, 11) is 0. The van der Waals surface area contributed by atoms with Gasteiger partial charge in [-0.3, -0.25) is 0 Å². The first kappa shape index (κ1) is 13.5. The van der Waals surface area contributed by atoms with Crippen LogP contribution in [0.15, 0.2) is 24.3 Å².